The molecule has 8 nitrogen and oxygen atoms in total. The first-order valence-corrected chi connectivity index (χ1v) is 8.37. The van der Waals surface area contributed by atoms with Crippen molar-refractivity contribution in [2.75, 3.05) is 26.2 Å². The van der Waals surface area contributed by atoms with Gasteiger partial charge in [-0.2, -0.15) is 0 Å². The number of carbonyl (C=O) groups is 2. The zero-order valence-corrected chi connectivity index (χ0v) is 15.8. The number of hydrogen-bond donors (Lipinski definition) is 1. The lowest BCUT2D eigenvalue weighted by molar-refractivity contribution is -0.384. The summed E-state index contributed by atoms with van der Waals surface area (Å²) in [5.74, 6) is 0.0913. The van der Waals surface area contributed by atoms with Crippen molar-refractivity contribution in [3.63, 3.8) is 0 Å². The van der Waals surface area contributed by atoms with Crippen LogP contribution < -0.4 is 5.73 Å². The second-order valence-corrected chi connectivity index (χ2v) is 6.66. The molecule has 0 aromatic heterocycles. The molecule has 0 spiro atoms. The van der Waals surface area contributed by atoms with Gasteiger partial charge in [0.15, 0.2) is 0 Å². The van der Waals surface area contributed by atoms with E-state index in [1.807, 2.05) is 13.8 Å². The number of amides is 2. The second-order valence-electron chi connectivity index (χ2n) is 6.66. The number of nitrogens with two attached hydrogens (primary N) is 1. The van der Waals surface area contributed by atoms with Gasteiger partial charge in [-0.25, -0.2) is 0 Å². The van der Waals surface area contributed by atoms with Crippen LogP contribution in [0.4, 0.5) is 5.69 Å². The van der Waals surface area contributed by atoms with Gasteiger partial charge in [0.05, 0.1) is 11.0 Å². The molecule has 1 aromatic rings. The summed E-state index contributed by atoms with van der Waals surface area (Å²) in [7, 11) is 0. The molecular weight excluding hydrogens is 360 g/mol. The third kappa shape index (κ3) is 5.40. The lowest BCUT2D eigenvalue weighted by atomic mass is 10.0. The molecule has 1 aromatic carbocycles. The molecule has 0 unspecified atom stereocenters. The molecular formula is C17H25ClN4O4. The zero-order valence-electron chi connectivity index (χ0n) is 15.0. The molecule has 1 atom stereocenters. The number of hydrogen-bond acceptors (Lipinski definition) is 5. The first-order valence-electron chi connectivity index (χ1n) is 8.37. The van der Waals surface area contributed by atoms with Crippen LogP contribution in [0.2, 0.25) is 0 Å². The van der Waals surface area contributed by atoms with Crippen LogP contribution in [0.15, 0.2) is 24.3 Å². The Hall–Kier alpha value is -2.19. The molecule has 2 N–H and O–H groups in total. The molecule has 2 amide bonds. The summed E-state index contributed by atoms with van der Waals surface area (Å²) in [4.78, 5) is 38.3. The highest BCUT2D eigenvalue weighted by Crippen LogP contribution is 2.15. The number of rotatable bonds is 5. The van der Waals surface area contributed by atoms with E-state index in [2.05, 4.69) is 0 Å². The van der Waals surface area contributed by atoms with Crippen molar-refractivity contribution in [3.05, 3.63) is 39.9 Å². The quantitative estimate of drug-likeness (QED) is 0.613. The molecule has 0 radical (unpaired) electrons. The first-order chi connectivity index (χ1) is 11.8. The predicted molar refractivity (Wildman–Crippen MR) is 100 cm³/mol. The fraction of sp³-hybridized carbons (Fsp3) is 0.529. The number of halogens is 1. The van der Waals surface area contributed by atoms with Gasteiger partial charge < -0.3 is 15.5 Å². The first kappa shape index (κ1) is 21.9. The molecule has 1 heterocycles. The van der Waals surface area contributed by atoms with Crippen molar-refractivity contribution in [2.24, 2.45) is 11.7 Å². The van der Waals surface area contributed by atoms with Crippen molar-refractivity contribution in [3.8, 4) is 0 Å². The van der Waals surface area contributed by atoms with E-state index < -0.39 is 11.0 Å². The maximum absolute atomic E-state index is 12.5. The number of carbonyl (C=O) groups excluding carboxylic acids is 2. The van der Waals surface area contributed by atoms with Crippen molar-refractivity contribution in [2.45, 2.75) is 26.3 Å². The smallest absolute Gasteiger partial charge is 0.269 e. The van der Waals surface area contributed by atoms with Crippen LogP contribution in [0.3, 0.4) is 0 Å². The van der Waals surface area contributed by atoms with Gasteiger partial charge >= 0.3 is 0 Å². The van der Waals surface area contributed by atoms with E-state index in [1.54, 1.807) is 9.80 Å². The molecule has 0 saturated carbocycles. The fourth-order valence-corrected chi connectivity index (χ4v) is 2.88. The van der Waals surface area contributed by atoms with Gasteiger partial charge in [0.2, 0.25) is 5.91 Å². The van der Waals surface area contributed by atoms with Crippen LogP contribution in [-0.4, -0.2) is 58.8 Å². The van der Waals surface area contributed by atoms with Gasteiger partial charge in [0.1, 0.15) is 0 Å². The molecule has 1 saturated heterocycles. The van der Waals surface area contributed by atoms with Crippen molar-refractivity contribution in [1.82, 2.24) is 9.80 Å². The second kappa shape index (κ2) is 9.49. The Morgan fingerprint density at radius 2 is 1.62 bits per heavy atom. The Balaban J connectivity index is 0.00000338. The highest BCUT2D eigenvalue weighted by atomic mass is 35.5. The van der Waals surface area contributed by atoms with Crippen LogP contribution >= 0.6 is 12.4 Å². The van der Waals surface area contributed by atoms with Gasteiger partial charge in [-0.3, -0.25) is 19.7 Å². The standard InChI is InChI=1S/C17H24N4O4.ClH/c1-12(2)11-15(18)17(23)20-9-7-19(8-10-20)16(22)13-3-5-14(6-4-13)21(24)25;/h3-6,12,15H,7-11,18H2,1-2H3;1H/t15-;/m0./s1. The topological polar surface area (TPSA) is 110 Å². The summed E-state index contributed by atoms with van der Waals surface area (Å²) < 4.78 is 0. The Kier molecular flexibility index (Phi) is 7.98. The zero-order chi connectivity index (χ0) is 18.6. The van der Waals surface area contributed by atoms with E-state index in [1.165, 1.54) is 24.3 Å². The number of non-ortho nitro benzene ring substituents is 1. The molecule has 144 valence electrons. The van der Waals surface area contributed by atoms with Crippen LogP contribution in [0, 0.1) is 16.0 Å². The van der Waals surface area contributed by atoms with Gasteiger partial charge in [0.25, 0.3) is 11.6 Å². The largest absolute Gasteiger partial charge is 0.338 e. The van der Waals surface area contributed by atoms with Crippen LogP contribution in [0.25, 0.3) is 0 Å². The third-order valence-corrected chi connectivity index (χ3v) is 4.25. The monoisotopic (exact) mass is 384 g/mol. The van der Waals surface area contributed by atoms with Gasteiger partial charge in [-0.05, 0) is 24.5 Å². The molecule has 1 fully saturated rings. The van der Waals surface area contributed by atoms with Crippen molar-refractivity contribution in [1.29, 1.82) is 0 Å². The highest BCUT2D eigenvalue weighted by molar-refractivity contribution is 5.94. The van der Waals surface area contributed by atoms with E-state index in [-0.39, 0.29) is 29.9 Å². The summed E-state index contributed by atoms with van der Waals surface area (Å²) in [6.07, 6.45) is 0.640. The maximum atomic E-state index is 12.5. The lowest BCUT2D eigenvalue weighted by Gasteiger charge is -2.36. The number of benzene rings is 1. The fourth-order valence-electron chi connectivity index (χ4n) is 2.88. The van der Waals surface area contributed by atoms with Crippen LogP contribution in [0.5, 0.6) is 0 Å². The number of piperazine rings is 1. The predicted octanol–water partition coefficient (Wildman–Crippen LogP) is 1.67. The molecule has 26 heavy (non-hydrogen) atoms. The van der Waals surface area contributed by atoms with Crippen LogP contribution in [0.1, 0.15) is 30.6 Å². The normalized spacial score (nSPS) is 15.4. The number of nitro benzene ring substituents is 1. The number of nitro groups is 1. The lowest BCUT2D eigenvalue weighted by Crippen LogP contribution is -2.54. The Morgan fingerprint density at radius 3 is 2.08 bits per heavy atom. The SMILES string of the molecule is CC(C)C[C@H](N)C(=O)N1CCN(C(=O)c2ccc([N+](=O)[O-])cc2)CC1.Cl. The van der Waals surface area contributed by atoms with Crippen LogP contribution in [-0.2, 0) is 4.79 Å². The summed E-state index contributed by atoms with van der Waals surface area (Å²) in [5.41, 5.74) is 6.30. The minimum atomic E-state index is -0.503. The summed E-state index contributed by atoms with van der Waals surface area (Å²) >= 11 is 0. The Morgan fingerprint density at radius 1 is 1.12 bits per heavy atom. The van der Waals surface area contributed by atoms with Gasteiger partial charge in [-0.15, -0.1) is 12.4 Å². The molecule has 0 bridgehead atoms. The van der Waals surface area contributed by atoms with E-state index in [0.29, 0.717) is 44.1 Å². The summed E-state index contributed by atoms with van der Waals surface area (Å²) in [5, 5.41) is 10.7. The molecule has 9 heteroatoms. The Labute approximate surface area is 158 Å². The van der Waals surface area contributed by atoms with E-state index >= 15 is 0 Å². The molecule has 2 rings (SSSR count). The third-order valence-electron chi connectivity index (χ3n) is 4.25. The van der Waals surface area contributed by atoms with E-state index in [0.717, 1.165) is 0 Å². The molecule has 1 aliphatic rings. The van der Waals surface area contributed by atoms with Gasteiger partial charge in [0, 0.05) is 43.9 Å². The highest BCUT2D eigenvalue weighted by Gasteiger charge is 2.28. The summed E-state index contributed by atoms with van der Waals surface area (Å²) in [6.45, 7) is 5.79. The number of nitrogens with zero attached hydrogens (tertiary/aromatic N) is 3. The van der Waals surface area contributed by atoms with Gasteiger partial charge in [-0.1, -0.05) is 13.8 Å². The average molecular weight is 385 g/mol. The van der Waals surface area contributed by atoms with E-state index in [9.17, 15) is 19.7 Å². The molecule has 1 aliphatic heterocycles. The average Bonchev–Trinajstić information content (AvgIpc) is 2.60. The minimum Gasteiger partial charge on any atom is -0.338 e. The minimum absolute atomic E-state index is 0. The van der Waals surface area contributed by atoms with Crippen molar-refractivity contribution < 1.29 is 14.5 Å². The Bertz CT molecular complexity index is 643. The maximum Gasteiger partial charge on any atom is 0.269 e. The molecule has 0 aliphatic carbocycles. The van der Waals surface area contributed by atoms with Crippen molar-refractivity contribution >= 4 is 29.9 Å². The summed E-state index contributed by atoms with van der Waals surface area (Å²) in [6, 6.07) is 5.04. The van der Waals surface area contributed by atoms with E-state index in [4.69, 9.17) is 5.73 Å².